The summed E-state index contributed by atoms with van der Waals surface area (Å²) < 4.78 is 5.93. The molecule has 0 saturated carbocycles. The minimum absolute atomic E-state index is 0.0943. The Kier molecular flexibility index (Phi) is 36.5. The Morgan fingerprint density at radius 3 is 1.56 bits per heavy atom. The van der Waals surface area contributed by atoms with Gasteiger partial charge < -0.3 is 20.9 Å². The molecule has 2 atom stereocenters. The van der Waals surface area contributed by atoms with Gasteiger partial charge in [-0.3, -0.25) is 9.59 Å². The first kappa shape index (κ1) is 47.8. The average molecular weight is 705 g/mol. The monoisotopic (exact) mass is 705 g/mol. The summed E-state index contributed by atoms with van der Waals surface area (Å²) >= 11 is 0. The lowest BCUT2D eigenvalue weighted by molar-refractivity contribution is -0.147. The number of aliphatic carboxylic acids is 1. The maximum absolute atomic E-state index is 12.7. The molecule has 50 heavy (non-hydrogen) atoms. The van der Waals surface area contributed by atoms with Gasteiger partial charge in [0, 0.05) is 12.8 Å². The van der Waals surface area contributed by atoms with Crippen molar-refractivity contribution in [3.05, 3.63) is 24.3 Å². The van der Waals surface area contributed by atoms with Gasteiger partial charge in [-0.2, -0.15) is 0 Å². The van der Waals surface area contributed by atoms with Crippen molar-refractivity contribution < 1.29 is 24.2 Å². The van der Waals surface area contributed by atoms with Gasteiger partial charge in [0.15, 0.2) is 0 Å². The van der Waals surface area contributed by atoms with Crippen LogP contribution in [0.5, 0.6) is 0 Å². The summed E-state index contributed by atoms with van der Waals surface area (Å²) in [6.45, 7) is 4.92. The number of hydrogen-bond acceptors (Lipinski definition) is 5. The maximum atomic E-state index is 12.7. The first-order chi connectivity index (χ1) is 24.4. The Balaban J connectivity index is 4.31. The normalized spacial score (nSPS) is 12.9. The van der Waals surface area contributed by atoms with Crippen LogP contribution in [0.3, 0.4) is 0 Å². The van der Waals surface area contributed by atoms with E-state index >= 15 is 0 Å². The van der Waals surface area contributed by atoms with Crippen LogP contribution < -0.4 is 11.1 Å². The summed E-state index contributed by atoms with van der Waals surface area (Å²) in [5.74, 6) is -1.33. The summed E-state index contributed by atoms with van der Waals surface area (Å²) in [5.41, 5.74) is 5.48. The zero-order valence-corrected chi connectivity index (χ0v) is 32.7. The molecule has 0 aliphatic heterocycles. The van der Waals surface area contributed by atoms with Gasteiger partial charge in [0.1, 0.15) is 12.1 Å². The van der Waals surface area contributed by atoms with Crippen molar-refractivity contribution in [1.29, 1.82) is 0 Å². The number of hydrogen-bond donors (Lipinski definition) is 3. The number of carboxylic acids is 1. The standard InChI is InChI=1S/C43H80N2O5/c1-3-5-7-9-11-13-14-15-16-17-18-19-21-23-25-31-37-42(47)50-39(33-28-24-22-20-12-10-8-6-4-2)34-29-26-27-30-36-41(46)45-40(43(48)49)35-32-38-44/h16-17,28,33,39-40H,3-15,18-27,29-32,34-38,44H2,1-2H3,(H,45,46)(H,48,49)/b17-16-,33-28-. The molecule has 1 amide bonds. The van der Waals surface area contributed by atoms with Crippen molar-refractivity contribution in [1.82, 2.24) is 5.32 Å². The van der Waals surface area contributed by atoms with Gasteiger partial charge in [0.05, 0.1) is 0 Å². The minimum atomic E-state index is -1.01. The van der Waals surface area contributed by atoms with E-state index in [0.29, 0.717) is 38.6 Å². The van der Waals surface area contributed by atoms with Crippen molar-refractivity contribution in [2.24, 2.45) is 5.73 Å². The molecule has 7 heteroatoms. The molecule has 0 spiro atoms. The van der Waals surface area contributed by atoms with Gasteiger partial charge in [-0.05, 0) is 89.7 Å². The molecule has 0 aliphatic carbocycles. The second-order valence-electron chi connectivity index (χ2n) is 14.4. The second-order valence-corrected chi connectivity index (χ2v) is 14.4. The molecule has 0 rings (SSSR count). The number of unbranched alkanes of at least 4 members (excludes halogenated alkanes) is 22. The Morgan fingerprint density at radius 2 is 1.04 bits per heavy atom. The highest BCUT2D eigenvalue weighted by Gasteiger charge is 2.19. The lowest BCUT2D eigenvalue weighted by atomic mass is 10.1. The Labute approximate surface area is 308 Å². The fraction of sp³-hybridized carbons (Fsp3) is 0.837. The fourth-order valence-electron chi connectivity index (χ4n) is 6.24. The van der Waals surface area contributed by atoms with Crippen LogP contribution in [0.15, 0.2) is 24.3 Å². The SMILES string of the molecule is CCCCCCCCC/C=C\CCCCCCCC(=O)OC(/C=C\CCCCCCCCC)CCCCCCC(=O)NC(CCCN)C(=O)O. The molecular formula is C43H80N2O5. The van der Waals surface area contributed by atoms with Crippen LogP contribution in [0.25, 0.3) is 0 Å². The summed E-state index contributed by atoms with van der Waals surface area (Å²) in [4.78, 5) is 36.3. The molecule has 4 N–H and O–H groups in total. The number of esters is 1. The lowest BCUT2D eigenvalue weighted by Crippen LogP contribution is -2.40. The number of ether oxygens (including phenoxy) is 1. The van der Waals surface area contributed by atoms with E-state index in [9.17, 15) is 19.5 Å². The summed E-state index contributed by atoms with van der Waals surface area (Å²) in [6.07, 6.45) is 42.3. The predicted octanol–water partition coefficient (Wildman–Crippen LogP) is 11.7. The van der Waals surface area contributed by atoms with E-state index in [0.717, 1.165) is 44.9 Å². The number of nitrogens with one attached hydrogen (secondary N) is 1. The van der Waals surface area contributed by atoms with Crippen molar-refractivity contribution in [2.45, 2.75) is 225 Å². The lowest BCUT2D eigenvalue weighted by Gasteiger charge is -2.15. The van der Waals surface area contributed by atoms with Gasteiger partial charge in [-0.1, -0.05) is 141 Å². The van der Waals surface area contributed by atoms with E-state index in [2.05, 4.69) is 43.5 Å². The molecular weight excluding hydrogens is 624 g/mol. The number of nitrogens with two attached hydrogens (primary N) is 1. The van der Waals surface area contributed by atoms with Gasteiger partial charge >= 0.3 is 11.9 Å². The highest BCUT2D eigenvalue weighted by atomic mass is 16.5. The van der Waals surface area contributed by atoms with Crippen LogP contribution in [0.2, 0.25) is 0 Å². The first-order valence-corrected chi connectivity index (χ1v) is 21.2. The molecule has 0 aliphatic rings. The van der Waals surface area contributed by atoms with Gasteiger partial charge in [-0.15, -0.1) is 0 Å². The second kappa shape index (κ2) is 38.1. The van der Waals surface area contributed by atoms with E-state index in [-0.39, 0.29) is 18.0 Å². The highest BCUT2D eigenvalue weighted by molar-refractivity contribution is 5.83. The zero-order valence-electron chi connectivity index (χ0n) is 32.7. The smallest absolute Gasteiger partial charge is 0.326 e. The van der Waals surface area contributed by atoms with Crippen LogP contribution in [-0.2, 0) is 19.1 Å². The number of carbonyl (C=O) groups is 3. The molecule has 0 aromatic heterocycles. The molecule has 0 heterocycles. The molecule has 0 aromatic carbocycles. The van der Waals surface area contributed by atoms with Crippen molar-refractivity contribution in [3.8, 4) is 0 Å². The predicted molar refractivity (Wildman–Crippen MR) is 211 cm³/mol. The quantitative estimate of drug-likeness (QED) is 0.0334. The summed E-state index contributed by atoms with van der Waals surface area (Å²) in [5, 5.41) is 11.9. The Hall–Kier alpha value is -2.15. The largest absolute Gasteiger partial charge is 0.480 e. The first-order valence-electron chi connectivity index (χ1n) is 21.2. The number of carbonyl (C=O) groups excluding carboxylic acids is 2. The van der Waals surface area contributed by atoms with Crippen LogP contribution in [0, 0.1) is 0 Å². The number of carboxylic acid groups (broad SMARTS) is 1. The molecule has 0 fully saturated rings. The van der Waals surface area contributed by atoms with E-state index < -0.39 is 12.0 Å². The third-order valence-electron chi connectivity index (χ3n) is 9.47. The van der Waals surface area contributed by atoms with Crippen LogP contribution in [-0.4, -0.2) is 41.6 Å². The third kappa shape index (κ3) is 34.3. The van der Waals surface area contributed by atoms with Crippen molar-refractivity contribution >= 4 is 17.8 Å². The number of amides is 1. The van der Waals surface area contributed by atoms with Crippen molar-refractivity contribution in [3.63, 3.8) is 0 Å². The van der Waals surface area contributed by atoms with Gasteiger partial charge in [0.2, 0.25) is 5.91 Å². The Morgan fingerprint density at radius 1 is 0.580 bits per heavy atom. The molecule has 2 unspecified atom stereocenters. The molecule has 0 saturated heterocycles. The fourth-order valence-corrected chi connectivity index (χ4v) is 6.24. The molecule has 0 aromatic rings. The van der Waals surface area contributed by atoms with Crippen LogP contribution in [0.1, 0.15) is 213 Å². The molecule has 0 bridgehead atoms. The summed E-state index contributed by atoms with van der Waals surface area (Å²) in [6, 6.07) is -0.869. The van der Waals surface area contributed by atoms with E-state index in [4.69, 9.17) is 10.5 Å². The maximum Gasteiger partial charge on any atom is 0.326 e. The summed E-state index contributed by atoms with van der Waals surface area (Å²) in [7, 11) is 0. The highest BCUT2D eigenvalue weighted by Crippen LogP contribution is 2.16. The zero-order chi connectivity index (χ0) is 36.8. The van der Waals surface area contributed by atoms with Gasteiger partial charge in [0.25, 0.3) is 0 Å². The van der Waals surface area contributed by atoms with Crippen LogP contribution in [0.4, 0.5) is 0 Å². The van der Waals surface area contributed by atoms with Crippen LogP contribution >= 0.6 is 0 Å². The average Bonchev–Trinajstić information content (AvgIpc) is 3.10. The molecule has 292 valence electrons. The van der Waals surface area contributed by atoms with E-state index in [1.807, 2.05) is 0 Å². The number of allylic oxidation sites excluding steroid dienone is 3. The van der Waals surface area contributed by atoms with E-state index in [1.54, 1.807) is 0 Å². The molecule has 0 radical (unpaired) electrons. The van der Waals surface area contributed by atoms with E-state index in [1.165, 1.54) is 122 Å². The number of rotatable bonds is 38. The topological polar surface area (TPSA) is 119 Å². The third-order valence-corrected chi connectivity index (χ3v) is 9.47. The van der Waals surface area contributed by atoms with Gasteiger partial charge in [-0.25, -0.2) is 4.79 Å². The Bertz CT molecular complexity index is 843. The molecule has 7 nitrogen and oxygen atoms in total. The van der Waals surface area contributed by atoms with Crippen molar-refractivity contribution in [2.75, 3.05) is 6.54 Å². The minimum Gasteiger partial charge on any atom is -0.480 e.